The van der Waals surface area contributed by atoms with Crippen molar-refractivity contribution in [2.45, 2.75) is 18.9 Å². The lowest BCUT2D eigenvalue weighted by Gasteiger charge is -2.15. The molecule has 1 aliphatic rings. The van der Waals surface area contributed by atoms with Gasteiger partial charge in [0.05, 0.1) is 10.0 Å². The maximum Gasteiger partial charge on any atom is 0.217 e. The summed E-state index contributed by atoms with van der Waals surface area (Å²) < 4.78 is 0. The average Bonchev–Trinajstić information content (AvgIpc) is 2.71. The van der Waals surface area contributed by atoms with Gasteiger partial charge in [0.25, 0.3) is 0 Å². The maximum atomic E-state index is 10.9. The van der Waals surface area contributed by atoms with Crippen LogP contribution in [0.4, 0.5) is 0 Å². The minimum atomic E-state index is -0.316. The number of halogens is 2. The van der Waals surface area contributed by atoms with Crippen molar-refractivity contribution < 1.29 is 9.90 Å². The summed E-state index contributed by atoms with van der Waals surface area (Å²) in [5.41, 5.74) is 5.77. The Labute approximate surface area is 115 Å². The van der Waals surface area contributed by atoms with Crippen LogP contribution >= 0.6 is 23.2 Å². The van der Waals surface area contributed by atoms with E-state index in [4.69, 9.17) is 28.9 Å². The molecule has 1 aliphatic heterocycles. The van der Waals surface area contributed by atoms with Crippen molar-refractivity contribution in [3.8, 4) is 5.75 Å². The number of hydrogen-bond donors (Lipinski definition) is 3. The zero-order valence-electron chi connectivity index (χ0n) is 9.62. The molecule has 0 aromatic heterocycles. The second-order valence-corrected chi connectivity index (χ2v) is 5.31. The molecule has 0 radical (unpaired) electrons. The monoisotopic (exact) mass is 288 g/mol. The van der Waals surface area contributed by atoms with Crippen LogP contribution in [-0.4, -0.2) is 17.6 Å². The number of benzene rings is 1. The van der Waals surface area contributed by atoms with Crippen LogP contribution in [-0.2, 0) is 4.79 Å². The van der Waals surface area contributed by atoms with Crippen molar-refractivity contribution >= 4 is 29.1 Å². The van der Waals surface area contributed by atoms with Gasteiger partial charge in [-0.2, -0.15) is 0 Å². The Kier molecular flexibility index (Phi) is 4.00. The second kappa shape index (κ2) is 5.34. The van der Waals surface area contributed by atoms with Crippen molar-refractivity contribution in [2.24, 2.45) is 11.7 Å². The smallest absolute Gasteiger partial charge is 0.217 e. The number of phenols is 1. The third kappa shape index (κ3) is 2.71. The van der Waals surface area contributed by atoms with Crippen molar-refractivity contribution in [1.29, 1.82) is 0 Å². The molecule has 6 heteroatoms. The minimum Gasteiger partial charge on any atom is -0.508 e. The molecule has 0 bridgehead atoms. The van der Waals surface area contributed by atoms with Gasteiger partial charge in [0, 0.05) is 18.0 Å². The maximum absolute atomic E-state index is 10.9. The molecule has 1 aromatic rings. The fourth-order valence-electron chi connectivity index (χ4n) is 2.36. The third-order valence-electron chi connectivity index (χ3n) is 3.17. The van der Waals surface area contributed by atoms with E-state index in [2.05, 4.69) is 5.32 Å². The van der Waals surface area contributed by atoms with E-state index in [0.717, 1.165) is 0 Å². The van der Waals surface area contributed by atoms with Crippen LogP contribution in [0.2, 0.25) is 10.0 Å². The third-order valence-corrected chi connectivity index (χ3v) is 3.99. The summed E-state index contributed by atoms with van der Waals surface area (Å²) in [5.74, 6) is -0.0348. The molecule has 4 N–H and O–H groups in total. The first kappa shape index (κ1) is 13.5. The molecule has 2 rings (SSSR count). The van der Waals surface area contributed by atoms with Crippen molar-refractivity contribution in [2.75, 3.05) is 6.54 Å². The molecule has 1 aromatic carbocycles. The Bertz CT molecular complexity index is 479. The van der Waals surface area contributed by atoms with Gasteiger partial charge in [0.1, 0.15) is 5.75 Å². The number of aromatic hydroxyl groups is 1. The first-order chi connectivity index (χ1) is 8.49. The van der Waals surface area contributed by atoms with Gasteiger partial charge in [-0.15, -0.1) is 0 Å². The van der Waals surface area contributed by atoms with Crippen LogP contribution in [0.15, 0.2) is 12.1 Å². The van der Waals surface area contributed by atoms with E-state index in [1.807, 2.05) is 0 Å². The Morgan fingerprint density at radius 3 is 2.89 bits per heavy atom. The molecule has 0 spiro atoms. The zero-order valence-corrected chi connectivity index (χ0v) is 11.1. The van der Waals surface area contributed by atoms with Gasteiger partial charge < -0.3 is 16.2 Å². The van der Waals surface area contributed by atoms with Gasteiger partial charge in [-0.1, -0.05) is 23.2 Å². The highest BCUT2D eigenvalue weighted by atomic mass is 35.5. The van der Waals surface area contributed by atoms with Crippen molar-refractivity contribution in [3.05, 3.63) is 27.7 Å². The quantitative estimate of drug-likeness (QED) is 0.798. The number of carbonyl (C=O) groups excluding carboxylic acids is 1. The molecular formula is C12H14Cl2N2O2. The Morgan fingerprint density at radius 1 is 1.50 bits per heavy atom. The van der Waals surface area contributed by atoms with E-state index >= 15 is 0 Å². The zero-order chi connectivity index (χ0) is 13.3. The molecule has 18 heavy (non-hydrogen) atoms. The van der Waals surface area contributed by atoms with Gasteiger partial charge >= 0.3 is 0 Å². The Hall–Kier alpha value is -0.970. The summed E-state index contributed by atoms with van der Waals surface area (Å²) in [4.78, 5) is 10.9. The number of carbonyl (C=O) groups is 1. The van der Waals surface area contributed by atoms with Crippen LogP contribution < -0.4 is 11.1 Å². The lowest BCUT2D eigenvalue weighted by molar-refractivity contribution is -0.118. The van der Waals surface area contributed by atoms with Crippen LogP contribution in [0.25, 0.3) is 0 Å². The molecule has 98 valence electrons. The lowest BCUT2D eigenvalue weighted by atomic mass is 9.97. The fourth-order valence-corrected chi connectivity index (χ4v) is 2.81. The molecular weight excluding hydrogens is 275 g/mol. The van der Waals surface area contributed by atoms with E-state index in [9.17, 15) is 9.90 Å². The van der Waals surface area contributed by atoms with Crippen LogP contribution in [0.5, 0.6) is 5.75 Å². The molecule has 4 nitrogen and oxygen atoms in total. The molecule has 2 unspecified atom stereocenters. The summed E-state index contributed by atoms with van der Waals surface area (Å²) >= 11 is 12.0. The highest BCUT2D eigenvalue weighted by Gasteiger charge is 2.30. The number of rotatable bonds is 3. The average molecular weight is 289 g/mol. The number of primary amides is 1. The SMILES string of the molecule is NC(=O)CC1CNC(c2c(O)ccc(Cl)c2Cl)C1. The van der Waals surface area contributed by atoms with Gasteiger partial charge in [0.2, 0.25) is 5.91 Å². The summed E-state index contributed by atoms with van der Waals surface area (Å²) in [5, 5.41) is 13.9. The van der Waals surface area contributed by atoms with E-state index in [-0.39, 0.29) is 23.6 Å². The van der Waals surface area contributed by atoms with Crippen molar-refractivity contribution in [1.82, 2.24) is 5.32 Å². The predicted octanol–water partition coefficient (Wildman–Crippen LogP) is 2.22. The van der Waals surface area contributed by atoms with Crippen LogP contribution in [0, 0.1) is 5.92 Å². The van der Waals surface area contributed by atoms with Gasteiger partial charge in [-0.05, 0) is 31.0 Å². The second-order valence-electron chi connectivity index (χ2n) is 4.53. The summed E-state index contributed by atoms with van der Waals surface area (Å²) in [7, 11) is 0. The first-order valence-electron chi connectivity index (χ1n) is 5.67. The summed E-state index contributed by atoms with van der Waals surface area (Å²) in [6, 6.07) is 2.98. The van der Waals surface area contributed by atoms with E-state index in [0.29, 0.717) is 35.0 Å². The largest absolute Gasteiger partial charge is 0.508 e. The molecule has 0 aliphatic carbocycles. The topological polar surface area (TPSA) is 75.4 Å². The minimum absolute atomic E-state index is 0.0967. The summed E-state index contributed by atoms with van der Waals surface area (Å²) in [6.07, 6.45) is 1.04. The van der Waals surface area contributed by atoms with E-state index in [1.165, 1.54) is 6.07 Å². The molecule has 1 saturated heterocycles. The number of phenolic OH excluding ortho intramolecular Hbond substituents is 1. The molecule has 1 heterocycles. The number of hydrogen-bond acceptors (Lipinski definition) is 3. The first-order valence-corrected chi connectivity index (χ1v) is 6.43. The van der Waals surface area contributed by atoms with Gasteiger partial charge in [-0.25, -0.2) is 0 Å². The number of amides is 1. The molecule has 0 saturated carbocycles. The predicted molar refractivity (Wildman–Crippen MR) is 70.8 cm³/mol. The van der Waals surface area contributed by atoms with E-state index in [1.54, 1.807) is 6.07 Å². The normalized spacial score (nSPS) is 23.2. The lowest BCUT2D eigenvalue weighted by Crippen LogP contribution is -2.18. The van der Waals surface area contributed by atoms with Crippen LogP contribution in [0.3, 0.4) is 0 Å². The van der Waals surface area contributed by atoms with E-state index < -0.39 is 0 Å². The van der Waals surface area contributed by atoms with Crippen LogP contribution in [0.1, 0.15) is 24.4 Å². The molecule has 2 atom stereocenters. The number of nitrogens with one attached hydrogen (secondary N) is 1. The highest BCUT2D eigenvalue weighted by molar-refractivity contribution is 6.42. The van der Waals surface area contributed by atoms with Crippen molar-refractivity contribution in [3.63, 3.8) is 0 Å². The Balaban J connectivity index is 2.19. The molecule has 1 amide bonds. The molecule has 1 fully saturated rings. The standard InChI is InChI=1S/C12H14Cl2N2O2/c13-7-1-2-9(17)11(12(7)14)8-3-6(5-16-8)4-10(15)18/h1-2,6,8,16-17H,3-5H2,(H2,15,18). The highest BCUT2D eigenvalue weighted by Crippen LogP contribution is 2.41. The van der Waals surface area contributed by atoms with Gasteiger partial charge in [0.15, 0.2) is 0 Å². The fraction of sp³-hybridized carbons (Fsp3) is 0.417. The number of nitrogens with two attached hydrogens (primary N) is 1. The summed E-state index contributed by atoms with van der Waals surface area (Å²) in [6.45, 7) is 0.676. The van der Waals surface area contributed by atoms with Gasteiger partial charge in [-0.3, -0.25) is 4.79 Å². The Morgan fingerprint density at radius 2 is 2.22 bits per heavy atom.